The maximum Gasteiger partial charge on any atom is 0.228 e. The summed E-state index contributed by atoms with van der Waals surface area (Å²) in [4.78, 5) is 11.5. The van der Waals surface area contributed by atoms with Crippen LogP contribution in [0.2, 0.25) is 0 Å². The van der Waals surface area contributed by atoms with E-state index in [0.29, 0.717) is 12.3 Å². The second kappa shape index (κ2) is 13.3. The lowest BCUT2D eigenvalue weighted by Crippen LogP contribution is -2.39. The molecule has 0 amide bonds. The molecule has 26 heavy (non-hydrogen) atoms. The number of ether oxygens (including phenoxy) is 1. The minimum atomic E-state index is 0. The van der Waals surface area contributed by atoms with Crippen molar-refractivity contribution in [2.75, 3.05) is 52.5 Å². The number of guanidine groups is 1. The van der Waals surface area contributed by atoms with Gasteiger partial charge in [0.05, 0.1) is 13.2 Å². The van der Waals surface area contributed by atoms with Gasteiger partial charge in [0, 0.05) is 51.6 Å². The van der Waals surface area contributed by atoms with Gasteiger partial charge in [-0.05, 0) is 13.3 Å². The van der Waals surface area contributed by atoms with Gasteiger partial charge >= 0.3 is 0 Å². The summed E-state index contributed by atoms with van der Waals surface area (Å²) in [6.45, 7) is 13.4. The van der Waals surface area contributed by atoms with Gasteiger partial charge in [0.15, 0.2) is 11.8 Å². The molecular weight excluding hydrogens is 447 g/mol. The monoisotopic (exact) mass is 480 g/mol. The molecule has 8 nitrogen and oxygen atoms in total. The van der Waals surface area contributed by atoms with E-state index in [9.17, 15) is 0 Å². The third-order valence-electron chi connectivity index (χ3n) is 3.98. The molecule has 1 aromatic heterocycles. The van der Waals surface area contributed by atoms with Crippen molar-refractivity contribution < 1.29 is 9.26 Å². The molecule has 1 fully saturated rings. The molecule has 0 atom stereocenters. The van der Waals surface area contributed by atoms with E-state index in [2.05, 4.69) is 51.4 Å². The highest BCUT2D eigenvalue weighted by molar-refractivity contribution is 14.0. The summed E-state index contributed by atoms with van der Waals surface area (Å²) in [6.07, 6.45) is 1.75. The molecule has 2 rings (SSSR count). The van der Waals surface area contributed by atoms with Crippen LogP contribution in [0.3, 0.4) is 0 Å². The van der Waals surface area contributed by atoms with Crippen LogP contribution in [0.5, 0.6) is 0 Å². The second-order valence-corrected chi connectivity index (χ2v) is 6.45. The van der Waals surface area contributed by atoms with Crippen molar-refractivity contribution in [2.45, 2.75) is 39.5 Å². The molecule has 2 heterocycles. The second-order valence-electron chi connectivity index (χ2n) is 6.45. The Labute approximate surface area is 173 Å². The summed E-state index contributed by atoms with van der Waals surface area (Å²) >= 11 is 0. The molecule has 0 aromatic carbocycles. The number of halogens is 1. The number of nitrogens with one attached hydrogen (secondary N) is 2. The van der Waals surface area contributed by atoms with Gasteiger partial charge in [-0.25, -0.2) is 0 Å². The van der Waals surface area contributed by atoms with Crippen LogP contribution in [-0.4, -0.2) is 73.5 Å². The van der Waals surface area contributed by atoms with Gasteiger partial charge < -0.3 is 19.9 Å². The molecule has 2 N–H and O–H groups in total. The Morgan fingerprint density at radius 3 is 2.69 bits per heavy atom. The minimum absolute atomic E-state index is 0. The van der Waals surface area contributed by atoms with Gasteiger partial charge in [-0.1, -0.05) is 19.0 Å². The summed E-state index contributed by atoms with van der Waals surface area (Å²) < 4.78 is 10.6. The first-order chi connectivity index (χ1) is 12.2. The van der Waals surface area contributed by atoms with E-state index in [0.717, 1.165) is 70.7 Å². The Balaban J connectivity index is 0.00000338. The summed E-state index contributed by atoms with van der Waals surface area (Å²) in [5.41, 5.74) is 0. The zero-order valence-corrected chi connectivity index (χ0v) is 18.5. The number of morpholine rings is 1. The Kier molecular flexibility index (Phi) is 11.8. The number of hydrogen-bond donors (Lipinski definition) is 2. The van der Waals surface area contributed by atoms with Crippen molar-refractivity contribution in [3.05, 3.63) is 11.7 Å². The van der Waals surface area contributed by atoms with Gasteiger partial charge in [-0.2, -0.15) is 4.98 Å². The highest BCUT2D eigenvalue weighted by Crippen LogP contribution is 2.09. The van der Waals surface area contributed by atoms with Crippen LogP contribution in [0.25, 0.3) is 0 Å². The molecule has 1 saturated heterocycles. The van der Waals surface area contributed by atoms with Crippen LogP contribution in [0.15, 0.2) is 9.52 Å². The molecule has 0 unspecified atom stereocenters. The van der Waals surface area contributed by atoms with Crippen LogP contribution >= 0.6 is 24.0 Å². The lowest BCUT2D eigenvalue weighted by Gasteiger charge is -2.26. The fourth-order valence-corrected chi connectivity index (χ4v) is 2.54. The number of nitrogens with zero attached hydrogens (tertiary/aromatic N) is 4. The molecule has 0 aliphatic carbocycles. The zero-order chi connectivity index (χ0) is 17.9. The first kappa shape index (κ1) is 23.1. The van der Waals surface area contributed by atoms with Crippen LogP contribution in [-0.2, 0) is 11.2 Å². The largest absolute Gasteiger partial charge is 0.379 e. The molecule has 0 spiro atoms. The van der Waals surface area contributed by atoms with E-state index in [1.165, 1.54) is 0 Å². The summed E-state index contributed by atoms with van der Waals surface area (Å²) in [7, 11) is 0. The maximum absolute atomic E-state index is 5.36. The minimum Gasteiger partial charge on any atom is -0.379 e. The average Bonchev–Trinajstić information content (AvgIpc) is 3.09. The van der Waals surface area contributed by atoms with Crippen LogP contribution < -0.4 is 10.6 Å². The van der Waals surface area contributed by atoms with E-state index >= 15 is 0 Å². The standard InChI is InChI=1S/C17H32N6O2.HI/c1-4-18-17(19-7-5-9-23-10-12-24-13-11-23)20-8-6-15-21-16(14(2)3)22-25-15;/h14H,4-13H2,1-3H3,(H2,18,19,20);1H. The number of aliphatic imine (C=N–C) groups is 1. The van der Waals surface area contributed by atoms with E-state index < -0.39 is 0 Å². The zero-order valence-electron chi connectivity index (χ0n) is 16.2. The molecule has 0 bridgehead atoms. The fraction of sp³-hybridized carbons (Fsp3) is 0.824. The van der Waals surface area contributed by atoms with Gasteiger partial charge in [0.2, 0.25) is 5.89 Å². The van der Waals surface area contributed by atoms with Crippen LogP contribution in [0.1, 0.15) is 44.8 Å². The van der Waals surface area contributed by atoms with E-state index in [4.69, 9.17) is 9.26 Å². The van der Waals surface area contributed by atoms with Crippen molar-refractivity contribution in [1.29, 1.82) is 0 Å². The highest BCUT2D eigenvalue weighted by Gasteiger charge is 2.10. The van der Waals surface area contributed by atoms with Crippen molar-refractivity contribution >= 4 is 29.9 Å². The summed E-state index contributed by atoms with van der Waals surface area (Å²) in [5.74, 6) is 2.56. The van der Waals surface area contributed by atoms with E-state index in [1.54, 1.807) is 0 Å². The third kappa shape index (κ3) is 8.63. The van der Waals surface area contributed by atoms with Crippen molar-refractivity contribution in [3.8, 4) is 0 Å². The average molecular weight is 480 g/mol. The maximum atomic E-state index is 5.36. The van der Waals surface area contributed by atoms with Crippen molar-refractivity contribution in [2.24, 2.45) is 4.99 Å². The molecule has 1 aromatic rings. The van der Waals surface area contributed by atoms with Gasteiger partial charge in [-0.3, -0.25) is 9.89 Å². The third-order valence-corrected chi connectivity index (χ3v) is 3.98. The van der Waals surface area contributed by atoms with Gasteiger partial charge in [-0.15, -0.1) is 24.0 Å². The molecule has 0 radical (unpaired) electrons. The fourth-order valence-electron chi connectivity index (χ4n) is 2.54. The lowest BCUT2D eigenvalue weighted by molar-refractivity contribution is 0.0377. The SMILES string of the molecule is CCNC(=NCCCN1CCOCC1)NCCc1nc(C(C)C)no1.I. The number of hydrogen-bond acceptors (Lipinski definition) is 6. The summed E-state index contributed by atoms with van der Waals surface area (Å²) in [6, 6.07) is 0. The Hall–Kier alpha value is -0.940. The lowest BCUT2D eigenvalue weighted by atomic mass is 10.2. The van der Waals surface area contributed by atoms with Gasteiger partial charge in [0.1, 0.15) is 0 Å². The smallest absolute Gasteiger partial charge is 0.228 e. The number of rotatable bonds is 9. The predicted octanol–water partition coefficient (Wildman–Crippen LogP) is 1.63. The van der Waals surface area contributed by atoms with Crippen LogP contribution in [0.4, 0.5) is 0 Å². The first-order valence-corrected chi connectivity index (χ1v) is 9.33. The van der Waals surface area contributed by atoms with Crippen molar-refractivity contribution in [3.63, 3.8) is 0 Å². The number of aromatic nitrogens is 2. The Morgan fingerprint density at radius 1 is 1.27 bits per heavy atom. The van der Waals surface area contributed by atoms with Gasteiger partial charge in [0.25, 0.3) is 0 Å². The normalized spacial score (nSPS) is 15.8. The quantitative estimate of drug-likeness (QED) is 0.241. The molecule has 1 aliphatic heterocycles. The van der Waals surface area contributed by atoms with Crippen LogP contribution in [0, 0.1) is 0 Å². The molecule has 9 heteroatoms. The van der Waals surface area contributed by atoms with E-state index in [-0.39, 0.29) is 29.9 Å². The Bertz CT molecular complexity index is 517. The predicted molar refractivity (Wildman–Crippen MR) is 113 cm³/mol. The molecule has 1 aliphatic rings. The van der Waals surface area contributed by atoms with Crippen molar-refractivity contribution in [1.82, 2.24) is 25.7 Å². The molecular formula is C17H33IN6O2. The topological polar surface area (TPSA) is 87.8 Å². The molecule has 0 saturated carbocycles. The molecule has 150 valence electrons. The van der Waals surface area contributed by atoms with E-state index in [1.807, 2.05) is 0 Å². The first-order valence-electron chi connectivity index (χ1n) is 9.33. The highest BCUT2D eigenvalue weighted by atomic mass is 127. The summed E-state index contributed by atoms with van der Waals surface area (Å²) in [5, 5.41) is 10.6. The Morgan fingerprint density at radius 2 is 2.04 bits per heavy atom.